The smallest absolute Gasteiger partial charge is 0.192 e. The first-order valence-corrected chi connectivity index (χ1v) is 9.41. The highest BCUT2D eigenvalue weighted by molar-refractivity contribution is 6.08. The summed E-state index contributed by atoms with van der Waals surface area (Å²) < 4.78 is 0. The van der Waals surface area contributed by atoms with Crippen LogP contribution < -0.4 is 57.9 Å². The van der Waals surface area contributed by atoms with E-state index < -0.39 is 0 Å². The average molecular weight is 631 g/mol. The topological polar surface area (TPSA) is 69.8 Å². The van der Waals surface area contributed by atoms with Gasteiger partial charge in [0.2, 0.25) is 0 Å². The van der Waals surface area contributed by atoms with E-state index in [0.29, 0.717) is 0 Å². The fourth-order valence-corrected chi connectivity index (χ4v) is 3.36. The van der Waals surface area contributed by atoms with Gasteiger partial charge in [0.15, 0.2) is 24.8 Å². The zero-order chi connectivity index (χ0) is 19.5. The highest BCUT2D eigenvalue weighted by Crippen LogP contribution is 2.28. The van der Waals surface area contributed by atoms with Crippen LogP contribution in [0.15, 0.2) is 73.6 Å². The SMILES string of the molecule is C(=C\c1c[nH+]ccn1)/c1ccc2[nH]c3ccc(/C=C/c4c[nH+]ccn4)cc3c2c1.[I-].[I-]. The van der Waals surface area contributed by atoms with Crippen LogP contribution in [0.5, 0.6) is 0 Å². The van der Waals surface area contributed by atoms with Crippen LogP contribution in [0.4, 0.5) is 0 Å². The fraction of sp³-hybridized carbons (Fsp3) is 0. The molecule has 5 nitrogen and oxygen atoms in total. The van der Waals surface area contributed by atoms with E-state index in [4.69, 9.17) is 0 Å². The lowest BCUT2D eigenvalue weighted by Gasteiger charge is -1.97. The van der Waals surface area contributed by atoms with Gasteiger partial charge in [-0.05, 0) is 47.5 Å². The number of hydrogen-bond donors (Lipinski definition) is 1. The van der Waals surface area contributed by atoms with Crippen LogP contribution in [0, 0.1) is 0 Å². The first-order chi connectivity index (χ1) is 14.3. The number of aromatic nitrogens is 5. The van der Waals surface area contributed by atoms with Crippen LogP contribution in [-0.4, -0.2) is 15.0 Å². The Labute approximate surface area is 213 Å². The zero-order valence-corrected chi connectivity index (χ0v) is 20.7. The van der Waals surface area contributed by atoms with Crippen LogP contribution in [0.1, 0.15) is 22.5 Å². The Hall–Kier alpha value is -2.66. The molecule has 2 aromatic carbocycles. The minimum Gasteiger partial charge on any atom is -1.00 e. The highest BCUT2D eigenvalue weighted by atomic mass is 127. The van der Waals surface area contributed by atoms with E-state index in [0.717, 1.165) is 33.5 Å². The lowest BCUT2D eigenvalue weighted by molar-refractivity contribution is -0.379. The normalized spacial score (nSPS) is 11.1. The van der Waals surface area contributed by atoms with Crippen LogP contribution in [-0.2, 0) is 0 Å². The van der Waals surface area contributed by atoms with Crippen molar-refractivity contribution in [3.05, 3.63) is 96.1 Å². The summed E-state index contributed by atoms with van der Waals surface area (Å²) >= 11 is 0. The molecule has 0 bridgehead atoms. The predicted octanol–water partition coefficient (Wildman–Crippen LogP) is -1.91. The summed E-state index contributed by atoms with van der Waals surface area (Å²) in [5, 5.41) is 2.41. The van der Waals surface area contributed by atoms with Gasteiger partial charge < -0.3 is 52.9 Å². The maximum Gasteiger partial charge on any atom is 0.192 e. The number of H-pyrrole nitrogens is 3. The van der Waals surface area contributed by atoms with E-state index in [2.05, 4.69) is 73.5 Å². The Morgan fingerprint density at radius 2 is 1.13 bits per heavy atom. The van der Waals surface area contributed by atoms with E-state index in [9.17, 15) is 0 Å². The van der Waals surface area contributed by atoms with Gasteiger partial charge in [0.05, 0.1) is 12.4 Å². The van der Waals surface area contributed by atoms with Crippen molar-refractivity contribution in [2.45, 2.75) is 0 Å². The van der Waals surface area contributed by atoms with Gasteiger partial charge in [-0.25, -0.2) is 19.9 Å². The van der Waals surface area contributed by atoms with Crippen molar-refractivity contribution in [2.24, 2.45) is 0 Å². The van der Waals surface area contributed by atoms with Crippen molar-refractivity contribution in [1.29, 1.82) is 0 Å². The summed E-state index contributed by atoms with van der Waals surface area (Å²) in [5.41, 5.74) is 6.31. The number of hydrogen-bond acceptors (Lipinski definition) is 2. The van der Waals surface area contributed by atoms with Gasteiger partial charge in [0.1, 0.15) is 11.4 Å². The molecule has 0 radical (unpaired) electrons. The lowest BCUT2D eigenvalue weighted by Crippen LogP contribution is -3.00. The number of aromatic amines is 3. The van der Waals surface area contributed by atoms with Crippen LogP contribution >= 0.6 is 0 Å². The molecule has 0 atom stereocenters. The van der Waals surface area contributed by atoms with Crippen molar-refractivity contribution in [1.82, 2.24) is 15.0 Å². The highest BCUT2D eigenvalue weighted by Gasteiger charge is 2.05. The largest absolute Gasteiger partial charge is 1.00 e. The molecule has 0 aliphatic heterocycles. The summed E-state index contributed by atoms with van der Waals surface area (Å²) in [6.07, 6.45) is 19.0. The monoisotopic (exact) mass is 631 g/mol. The molecule has 3 aromatic heterocycles. The Balaban J connectivity index is 0.00000136. The third kappa shape index (κ3) is 5.34. The quantitative estimate of drug-likeness (QED) is 0.236. The second-order valence-electron chi connectivity index (χ2n) is 6.76. The fourth-order valence-electron chi connectivity index (χ4n) is 3.36. The molecule has 31 heavy (non-hydrogen) atoms. The first kappa shape index (κ1) is 23.0. The zero-order valence-electron chi connectivity index (χ0n) is 16.4. The lowest BCUT2D eigenvalue weighted by atomic mass is 10.1. The minimum atomic E-state index is 0. The van der Waals surface area contributed by atoms with Crippen molar-refractivity contribution >= 4 is 46.1 Å². The van der Waals surface area contributed by atoms with E-state index >= 15 is 0 Å². The number of nitrogens with one attached hydrogen (secondary N) is 3. The van der Waals surface area contributed by atoms with Crippen molar-refractivity contribution in [3.8, 4) is 0 Å². The average Bonchev–Trinajstić information content (AvgIpc) is 3.15. The molecule has 3 heterocycles. The maximum atomic E-state index is 4.31. The minimum absolute atomic E-state index is 0. The number of rotatable bonds is 4. The molecule has 7 heteroatoms. The standard InChI is InChI=1S/C24H17N5.2HI/c1(5-19-15-25-9-11-27-19)17-3-7-23-21(13-17)22-14-18(4-8-24(22)29-23)2-6-20-16-26-10-12-28-20;;/h1-16,29H;2*1H/b5-1+,6-2+;;. The molecule has 0 saturated heterocycles. The molecular formula is C24H19I2N5. The summed E-state index contributed by atoms with van der Waals surface area (Å²) in [7, 11) is 0. The molecule has 0 aliphatic rings. The molecule has 0 unspecified atom stereocenters. The number of benzene rings is 2. The number of fused-ring (bicyclic) bond motifs is 3. The van der Waals surface area contributed by atoms with Crippen molar-refractivity contribution in [2.75, 3.05) is 0 Å². The van der Waals surface area contributed by atoms with Crippen molar-refractivity contribution < 1.29 is 57.9 Å². The Morgan fingerprint density at radius 1 is 0.645 bits per heavy atom. The van der Waals surface area contributed by atoms with Crippen molar-refractivity contribution in [3.63, 3.8) is 0 Å². The molecule has 0 spiro atoms. The summed E-state index contributed by atoms with van der Waals surface area (Å²) in [5.74, 6) is 0. The molecule has 0 saturated carbocycles. The molecule has 5 aromatic rings. The van der Waals surface area contributed by atoms with Gasteiger partial charge in [-0.3, -0.25) is 0 Å². The summed E-state index contributed by atoms with van der Waals surface area (Å²) in [4.78, 5) is 18.2. The maximum absolute atomic E-state index is 4.31. The molecule has 3 N–H and O–H groups in total. The third-order valence-corrected chi connectivity index (χ3v) is 4.79. The van der Waals surface area contributed by atoms with E-state index in [1.54, 1.807) is 24.8 Å². The van der Waals surface area contributed by atoms with Crippen LogP contribution in [0.3, 0.4) is 0 Å². The Kier molecular flexibility index (Phi) is 7.85. The molecule has 0 fully saturated rings. The van der Waals surface area contributed by atoms with Gasteiger partial charge in [-0.2, -0.15) is 0 Å². The first-order valence-electron chi connectivity index (χ1n) is 9.41. The van der Waals surface area contributed by atoms with Crippen LogP contribution in [0.25, 0.3) is 46.1 Å². The number of nitrogens with zero attached hydrogens (tertiary/aromatic N) is 2. The molecule has 5 rings (SSSR count). The Bertz CT molecular complexity index is 1240. The molecular weight excluding hydrogens is 612 g/mol. The second-order valence-corrected chi connectivity index (χ2v) is 6.76. The predicted molar refractivity (Wildman–Crippen MR) is 115 cm³/mol. The molecule has 0 amide bonds. The van der Waals surface area contributed by atoms with E-state index in [1.165, 1.54) is 10.8 Å². The van der Waals surface area contributed by atoms with Gasteiger partial charge in [-0.15, -0.1) is 0 Å². The van der Waals surface area contributed by atoms with Gasteiger partial charge in [-0.1, -0.05) is 24.3 Å². The number of halogens is 2. The van der Waals surface area contributed by atoms with Crippen LogP contribution in [0.2, 0.25) is 0 Å². The second kappa shape index (κ2) is 10.6. The van der Waals surface area contributed by atoms with Gasteiger partial charge in [0.25, 0.3) is 0 Å². The van der Waals surface area contributed by atoms with Gasteiger partial charge >= 0.3 is 0 Å². The Morgan fingerprint density at radius 3 is 1.55 bits per heavy atom. The van der Waals surface area contributed by atoms with E-state index in [1.807, 2.05) is 24.5 Å². The van der Waals surface area contributed by atoms with E-state index in [-0.39, 0.29) is 48.0 Å². The third-order valence-electron chi connectivity index (χ3n) is 4.79. The summed E-state index contributed by atoms with van der Waals surface area (Å²) in [6, 6.07) is 12.9. The van der Waals surface area contributed by atoms with Gasteiger partial charge in [0, 0.05) is 21.8 Å². The summed E-state index contributed by atoms with van der Waals surface area (Å²) in [6.45, 7) is 0. The molecule has 154 valence electrons. The molecule has 0 aliphatic carbocycles.